The molecule has 0 aliphatic carbocycles. The second-order valence-corrected chi connectivity index (χ2v) is 13.3. The summed E-state index contributed by atoms with van der Waals surface area (Å²) >= 11 is 7.86. The van der Waals surface area contributed by atoms with Crippen molar-refractivity contribution in [1.82, 2.24) is 15.0 Å². The van der Waals surface area contributed by atoms with Crippen molar-refractivity contribution in [1.29, 1.82) is 0 Å². The fraction of sp³-hybridized carbons (Fsp3) is 0.250. The van der Waals surface area contributed by atoms with Gasteiger partial charge >= 0.3 is 5.97 Å². The Hall–Kier alpha value is -3.56. The van der Waals surface area contributed by atoms with Crippen LogP contribution in [0.2, 0.25) is 5.02 Å². The molecule has 0 spiro atoms. The second-order valence-electron chi connectivity index (χ2n) is 11.1. The first-order valence-corrected chi connectivity index (χ1v) is 14.6. The van der Waals surface area contributed by atoms with E-state index in [-0.39, 0.29) is 10.8 Å². The van der Waals surface area contributed by atoms with Crippen LogP contribution in [0.4, 0.5) is 0 Å². The highest BCUT2D eigenvalue weighted by Crippen LogP contribution is 2.46. The van der Waals surface area contributed by atoms with Gasteiger partial charge in [-0.15, -0.1) is 16.8 Å². The van der Waals surface area contributed by atoms with Crippen LogP contribution in [0.5, 0.6) is 5.75 Å². The van der Waals surface area contributed by atoms with E-state index in [1.54, 1.807) is 16.8 Å². The number of nitrogens with zero attached hydrogens (tertiary/aromatic N) is 2. The average molecular weight is 588 g/mol. The van der Waals surface area contributed by atoms with Gasteiger partial charge in [0.05, 0.1) is 17.3 Å². The molecule has 1 aliphatic heterocycles. The van der Waals surface area contributed by atoms with Crippen molar-refractivity contribution in [2.75, 3.05) is 0 Å². The van der Waals surface area contributed by atoms with Crippen LogP contribution in [0.25, 0.3) is 21.8 Å². The Labute approximate surface area is 247 Å². The van der Waals surface area contributed by atoms with Gasteiger partial charge in [-0.05, 0) is 54.4 Å². The average Bonchev–Trinajstić information content (AvgIpc) is 3.68. The van der Waals surface area contributed by atoms with Crippen molar-refractivity contribution in [3.05, 3.63) is 101 Å². The van der Waals surface area contributed by atoms with Crippen molar-refractivity contribution in [2.45, 2.75) is 55.7 Å². The standard InChI is InChI=1S/C32H30ClN3O4S/c1-32(2,3)41-29-24-17-23(39-18-22-13-10-20-6-4-5-7-25(20)34-22)14-15-26(24)35-28(29)27(36-30(40-36)31(37)38)16-19-8-11-21(33)12-9-19/h4-15,17,27,30,35H,16,18H2,1-3H3,(H,37,38). The number of ether oxygens (including phenoxy) is 1. The van der Waals surface area contributed by atoms with Gasteiger partial charge in [-0.2, -0.15) is 0 Å². The number of carboxylic acid groups (broad SMARTS) is 1. The molecule has 0 saturated carbocycles. The molecule has 1 saturated heterocycles. The molecule has 0 radical (unpaired) electrons. The van der Waals surface area contributed by atoms with E-state index in [1.165, 1.54) is 0 Å². The number of para-hydroxylation sites is 1. The first kappa shape index (κ1) is 27.6. The summed E-state index contributed by atoms with van der Waals surface area (Å²) in [6.07, 6.45) is -0.442. The molecule has 2 aromatic heterocycles. The van der Waals surface area contributed by atoms with E-state index in [2.05, 4.69) is 31.8 Å². The lowest BCUT2D eigenvalue weighted by molar-refractivity contribution is -0.138. The van der Waals surface area contributed by atoms with Crippen LogP contribution in [-0.2, 0) is 22.7 Å². The molecule has 1 fully saturated rings. The molecule has 1 aliphatic rings. The molecule has 6 rings (SSSR count). The zero-order valence-corrected chi connectivity index (χ0v) is 24.5. The van der Waals surface area contributed by atoms with Crippen LogP contribution in [0, 0.1) is 0 Å². The van der Waals surface area contributed by atoms with Crippen LogP contribution in [0.15, 0.2) is 83.8 Å². The number of carboxylic acids is 1. The summed E-state index contributed by atoms with van der Waals surface area (Å²) in [5.74, 6) is -0.278. The Balaban J connectivity index is 1.35. The lowest BCUT2D eigenvalue weighted by Crippen LogP contribution is -2.20. The number of rotatable bonds is 9. The van der Waals surface area contributed by atoms with Gasteiger partial charge in [-0.1, -0.05) is 68.8 Å². The number of H-pyrrole nitrogens is 1. The molecule has 210 valence electrons. The summed E-state index contributed by atoms with van der Waals surface area (Å²) < 4.78 is 6.10. The SMILES string of the molecule is CC(C)(C)Sc1c(C(Cc2ccc(Cl)cc2)N2OC2C(=O)O)[nH]c2ccc(OCc3ccc4ccccc4n3)cc12. The second kappa shape index (κ2) is 11.0. The zero-order valence-electron chi connectivity index (χ0n) is 22.9. The molecule has 2 N–H and O–H groups in total. The summed E-state index contributed by atoms with van der Waals surface area (Å²) in [5.41, 5.74) is 4.66. The third-order valence-corrected chi connectivity index (χ3v) is 8.31. The maximum absolute atomic E-state index is 11.8. The van der Waals surface area contributed by atoms with Crippen molar-refractivity contribution < 1.29 is 19.5 Å². The number of hydrogen-bond acceptors (Lipinski definition) is 6. The Kier molecular flexibility index (Phi) is 7.42. The number of aliphatic carboxylic acids is 1. The van der Waals surface area contributed by atoms with Crippen LogP contribution >= 0.6 is 23.4 Å². The third kappa shape index (κ3) is 6.21. The molecule has 3 aromatic carbocycles. The largest absolute Gasteiger partial charge is 0.487 e. The lowest BCUT2D eigenvalue weighted by atomic mass is 10.0. The number of nitrogens with one attached hydrogen (secondary N) is 1. The highest BCUT2D eigenvalue weighted by atomic mass is 35.5. The summed E-state index contributed by atoms with van der Waals surface area (Å²) in [5, 5.41) is 14.0. The van der Waals surface area contributed by atoms with Crippen LogP contribution in [-0.4, -0.2) is 37.1 Å². The van der Waals surface area contributed by atoms with E-state index in [4.69, 9.17) is 26.2 Å². The van der Waals surface area contributed by atoms with Crippen LogP contribution < -0.4 is 4.74 Å². The number of hydroxylamine groups is 2. The number of halogens is 1. The topological polar surface area (TPSA) is 90.8 Å². The predicted molar refractivity (Wildman–Crippen MR) is 162 cm³/mol. The van der Waals surface area contributed by atoms with Gasteiger partial charge in [0.1, 0.15) is 12.4 Å². The minimum absolute atomic E-state index is 0.105. The molecule has 3 heterocycles. The smallest absolute Gasteiger partial charge is 0.352 e. The minimum Gasteiger partial charge on any atom is -0.487 e. The number of hydrogen-bond donors (Lipinski definition) is 2. The maximum atomic E-state index is 11.8. The molecule has 41 heavy (non-hydrogen) atoms. The van der Waals surface area contributed by atoms with E-state index in [1.807, 2.05) is 72.8 Å². The van der Waals surface area contributed by atoms with Crippen LogP contribution in [0.3, 0.4) is 0 Å². The van der Waals surface area contributed by atoms with Crippen molar-refractivity contribution >= 4 is 51.1 Å². The number of carbonyl (C=O) groups is 1. The fourth-order valence-corrected chi connectivity index (χ4v) is 6.21. The molecule has 3 unspecified atom stereocenters. The normalized spacial score (nSPS) is 17.6. The molecular weight excluding hydrogens is 558 g/mol. The van der Waals surface area contributed by atoms with Gasteiger partial charge in [0.25, 0.3) is 6.23 Å². The number of aromatic amines is 1. The first-order valence-electron chi connectivity index (χ1n) is 13.4. The summed E-state index contributed by atoms with van der Waals surface area (Å²) in [7, 11) is 0. The molecular formula is C32H30ClN3O4S. The lowest BCUT2D eigenvalue weighted by Gasteiger charge is -2.22. The Bertz CT molecular complexity index is 1730. The third-order valence-electron chi connectivity index (χ3n) is 6.80. The van der Waals surface area contributed by atoms with E-state index < -0.39 is 12.2 Å². The predicted octanol–water partition coefficient (Wildman–Crippen LogP) is 7.78. The molecule has 0 amide bonds. The van der Waals surface area contributed by atoms with Gasteiger partial charge in [0.15, 0.2) is 0 Å². The fourth-order valence-electron chi connectivity index (χ4n) is 4.90. The summed E-state index contributed by atoms with van der Waals surface area (Å²) in [6, 6.07) is 25.3. The van der Waals surface area contributed by atoms with Crippen molar-refractivity contribution in [2.24, 2.45) is 0 Å². The minimum atomic E-state index is -1.01. The quantitative estimate of drug-likeness (QED) is 0.134. The van der Waals surface area contributed by atoms with E-state index >= 15 is 0 Å². The van der Waals surface area contributed by atoms with Gasteiger partial charge in [0, 0.05) is 36.6 Å². The Morgan fingerprint density at radius 3 is 2.63 bits per heavy atom. The molecule has 5 aromatic rings. The van der Waals surface area contributed by atoms with Crippen molar-refractivity contribution in [3.63, 3.8) is 0 Å². The summed E-state index contributed by atoms with van der Waals surface area (Å²) in [6.45, 7) is 6.83. The zero-order chi connectivity index (χ0) is 28.7. The number of fused-ring (bicyclic) bond motifs is 2. The van der Waals surface area contributed by atoms with E-state index in [9.17, 15) is 9.90 Å². The summed E-state index contributed by atoms with van der Waals surface area (Å²) in [4.78, 5) is 26.7. The van der Waals surface area contributed by atoms with E-state index in [0.717, 1.165) is 49.4 Å². The number of aromatic nitrogens is 2. The van der Waals surface area contributed by atoms with Gasteiger partial charge in [-0.3, -0.25) is 4.84 Å². The van der Waals surface area contributed by atoms with Crippen molar-refractivity contribution in [3.8, 4) is 5.75 Å². The number of benzene rings is 3. The number of pyridine rings is 1. The molecule has 7 nitrogen and oxygen atoms in total. The molecule has 3 atom stereocenters. The Morgan fingerprint density at radius 1 is 1.12 bits per heavy atom. The highest BCUT2D eigenvalue weighted by Gasteiger charge is 2.49. The van der Waals surface area contributed by atoms with Crippen LogP contribution in [0.1, 0.15) is 43.8 Å². The van der Waals surface area contributed by atoms with Gasteiger partial charge in [-0.25, -0.2) is 9.78 Å². The Morgan fingerprint density at radius 2 is 1.90 bits per heavy atom. The molecule has 0 bridgehead atoms. The van der Waals surface area contributed by atoms with Gasteiger partial charge in [0.2, 0.25) is 0 Å². The first-order chi connectivity index (χ1) is 19.6. The molecule has 9 heteroatoms. The maximum Gasteiger partial charge on any atom is 0.352 e. The number of thioether (sulfide) groups is 1. The monoisotopic (exact) mass is 587 g/mol. The van der Waals surface area contributed by atoms with Gasteiger partial charge < -0.3 is 14.8 Å². The van der Waals surface area contributed by atoms with E-state index in [0.29, 0.717) is 18.1 Å². The highest BCUT2D eigenvalue weighted by molar-refractivity contribution is 8.00.